The standard InChI is InChI=1S/C25H24N2O5/c28-23(16-26-25(31)32-17-19-7-3-1-4-8-19)27-22(24(29)30)15-18-11-13-21(14-12-18)20-9-5-2-6-10-20/h1-14,22H,15-17H2,(H,26,31)(H,27,28)(H,29,30)/t22-/m1/s1. The van der Waals surface area contributed by atoms with Crippen LogP contribution in [0.4, 0.5) is 4.79 Å². The Bertz CT molecular complexity index is 1040. The number of carboxylic acid groups (broad SMARTS) is 1. The predicted molar refractivity (Wildman–Crippen MR) is 120 cm³/mol. The average Bonchev–Trinajstić information content (AvgIpc) is 2.82. The van der Waals surface area contributed by atoms with Gasteiger partial charge in [0.25, 0.3) is 0 Å². The molecule has 3 rings (SSSR count). The summed E-state index contributed by atoms with van der Waals surface area (Å²) in [4.78, 5) is 35.5. The van der Waals surface area contributed by atoms with Crippen LogP contribution in [0.2, 0.25) is 0 Å². The SMILES string of the molecule is O=C(CNC(=O)OCc1ccccc1)N[C@H](Cc1ccc(-c2ccccc2)cc1)C(=O)O. The summed E-state index contributed by atoms with van der Waals surface area (Å²) < 4.78 is 5.03. The number of carbonyl (C=O) groups excluding carboxylic acids is 2. The summed E-state index contributed by atoms with van der Waals surface area (Å²) in [5.74, 6) is -1.77. The molecule has 1 atom stereocenters. The van der Waals surface area contributed by atoms with E-state index in [4.69, 9.17) is 4.74 Å². The third kappa shape index (κ3) is 6.98. The molecule has 0 heterocycles. The third-order valence-corrected chi connectivity index (χ3v) is 4.74. The molecule has 0 aliphatic carbocycles. The molecule has 7 heteroatoms. The van der Waals surface area contributed by atoms with Crippen LogP contribution in [-0.2, 0) is 27.4 Å². The van der Waals surface area contributed by atoms with E-state index in [-0.39, 0.29) is 19.6 Å². The molecule has 0 spiro atoms. The van der Waals surface area contributed by atoms with Gasteiger partial charge >= 0.3 is 12.1 Å². The lowest BCUT2D eigenvalue weighted by Crippen LogP contribution is -2.46. The summed E-state index contributed by atoms with van der Waals surface area (Å²) in [5.41, 5.74) is 3.67. The first-order chi connectivity index (χ1) is 15.5. The predicted octanol–water partition coefficient (Wildman–Crippen LogP) is 3.39. The van der Waals surface area contributed by atoms with Gasteiger partial charge in [0.15, 0.2) is 0 Å². The van der Waals surface area contributed by atoms with Crippen LogP contribution in [-0.4, -0.2) is 35.7 Å². The van der Waals surface area contributed by atoms with Crippen molar-refractivity contribution in [3.05, 3.63) is 96.1 Å². The molecule has 0 saturated heterocycles. The molecule has 2 amide bonds. The number of alkyl carbamates (subject to hydrolysis) is 1. The Hall–Kier alpha value is -4.13. The van der Waals surface area contributed by atoms with Gasteiger partial charge in [-0.3, -0.25) is 4.79 Å². The van der Waals surface area contributed by atoms with Crippen molar-refractivity contribution in [2.75, 3.05) is 6.54 Å². The maximum absolute atomic E-state index is 12.1. The van der Waals surface area contributed by atoms with Crippen molar-refractivity contribution in [1.82, 2.24) is 10.6 Å². The average molecular weight is 432 g/mol. The van der Waals surface area contributed by atoms with Crippen molar-refractivity contribution in [2.24, 2.45) is 0 Å². The van der Waals surface area contributed by atoms with Crippen molar-refractivity contribution in [1.29, 1.82) is 0 Å². The zero-order valence-corrected chi connectivity index (χ0v) is 17.4. The number of carbonyl (C=O) groups is 3. The smallest absolute Gasteiger partial charge is 0.407 e. The summed E-state index contributed by atoms with van der Waals surface area (Å²) >= 11 is 0. The van der Waals surface area contributed by atoms with E-state index in [0.717, 1.165) is 22.3 Å². The molecule has 32 heavy (non-hydrogen) atoms. The van der Waals surface area contributed by atoms with E-state index in [2.05, 4.69) is 10.6 Å². The number of hydrogen-bond acceptors (Lipinski definition) is 4. The first-order valence-electron chi connectivity index (χ1n) is 10.1. The highest BCUT2D eigenvalue weighted by molar-refractivity contribution is 5.86. The molecule has 0 unspecified atom stereocenters. The Morgan fingerprint density at radius 1 is 0.781 bits per heavy atom. The fourth-order valence-electron chi connectivity index (χ4n) is 3.07. The van der Waals surface area contributed by atoms with Crippen LogP contribution in [0.1, 0.15) is 11.1 Å². The third-order valence-electron chi connectivity index (χ3n) is 4.74. The first kappa shape index (κ1) is 22.6. The number of amides is 2. The van der Waals surface area contributed by atoms with Crippen LogP contribution in [0.3, 0.4) is 0 Å². The van der Waals surface area contributed by atoms with Gasteiger partial charge in [-0.1, -0.05) is 84.9 Å². The van der Waals surface area contributed by atoms with Gasteiger partial charge in [0.1, 0.15) is 19.2 Å². The fourth-order valence-corrected chi connectivity index (χ4v) is 3.07. The molecule has 0 radical (unpaired) electrons. The lowest BCUT2D eigenvalue weighted by atomic mass is 10.0. The maximum Gasteiger partial charge on any atom is 0.407 e. The second-order valence-electron chi connectivity index (χ2n) is 7.14. The van der Waals surface area contributed by atoms with Gasteiger partial charge in [-0.15, -0.1) is 0 Å². The molecule has 0 aliphatic heterocycles. The number of benzene rings is 3. The van der Waals surface area contributed by atoms with Gasteiger partial charge in [-0.05, 0) is 22.3 Å². The minimum Gasteiger partial charge on any atom is -0.480 e. The molecule has 7 nitrogen and oxygen atoms in total. The molecule has 3 aromatic rings. The second-order valence-corrected chi connectivity index (χ2v) is 7.14. The van der Waals surface area contributed by atoms with Gasteiger partial charge < -0.3 is 20.5 Å². The van der Waals surface area contributed by atoms with Crippen LogP contribution in [0.25, 0.3) is 11.1 Å². The van der Waals surface area contributed by atoms with Crippen LogP contribution < -0.4 is 10.6 Å². The monoisotopic (exact) mass is 432 g/mol. The zero-order chi connectivity index (χ0) is 22.8. The highest BCUT2D eigenvalue weighted by Gasteiger charge is 2.21. The summed E-state index contributed by atoms with van der Waals surface area (Å²) in [7, 11) is 0. The maximum atomic E-state index is 12.1. The van der Waals surface area contributed by atoms with Crippen molar-refractivity contribution in [2.45, 2.75) is 19.1 Å². The molecular weight excluding hydrogens is 408 g/mol. The largest absolute Gasteiger partial charge is 0.480 e. The molecule has 0 saturated carbocycles. The Kier molecular flexibility index (Phi) is 7.97. The highest BCUT2D eigenvalue weighted by Crippen LogP contribution is 2.19. The number of carboxylic acids is 1. The van der Waals surface area contributed by atoms with E-state index >= 15 is 0 Å². The van der Waals surface area contributed by atoms with E-state index in [0.29, 0.717) is 0 Å². The minimum atomic E-state index is -1.16. The van der Waals surface area contributed by atoms with Gasteiger partial charge in [-0.25, -0.2) is 9.59 Å². The molecule has 0 aromatic heterocycles. The van der Waals surface area contributed by atoms with Crippen molar-refractivity contribution in [3.63, 3.8) is 0 Å². The van der Waals surface area contributed by atoms with Gasteiger partial charge in [0.2, 0.25) is 5.91 Å². The Morgan fingerprint density at radius 2 is 1.38 bits per heavy atom. The molecule has 0 bridgehead atoms. The minimum absolute atomic E-state index is 0.0744. The van der Waals surface area contributed by atoms with E-state index < -0.39 is 24.0 Å². The molecule has 3 aromatic carbocycles. The number of hydrogen-bond donors (Lipinski definition) is 3. The van der Waals surface area contributed by atoms with Crippen molar-refractivity contribution >= 4 is 18.0 Å². The lowest BCUT2D eigenvalue weighted by Gasteiger charge is -2.15. The summed E-state index contributed by atoms with van der Waals surface area (Å²) in [6.07, 6.45) is -0.637. The fraction of sp³-hybridized carbons (Fsp3) is 0.160. The highest BCUT2D eigenvalue weighted by atomic mass is 16.5. The number of aliphatic carboxylic acids is 1. The molecule has 3 N–H and O–H groups in total. The van der Waals surface area contributed by atoms with Gasteiger partial charge in [-0.2, -0.15) is 0 Å². The van der Waals surface area contributed by atoms with E-state index in [1.807, 2.05) is 84.9 Å². The first-order valence-corrected chi connectivity index (χ1v) is 10.1. The van der Waals surface area contributed by atoms with E-state index in [1.54, 1.807) is 0 Å². The zero-order valence-electron chi connectivity index (χ0n) is 17.4. The molecule has 0 fully saturated rings. The van der Waals surface area contributed by atoms with Crippen LogP contribution in [0, 0.1) is 0 Å². The Balaban J connectivity index is 1.47. The summed E-state index contributed by atoms with van der Waals surface area (Å²) in [6, 6.07) is 25.3. The van der Waals surface area contributed by atoms with E-state index in [1.165, 1.54) is 0 Å². The van der Waals surface area contributed by atoms with Crippen molar-refractivity contribution in [3.8, 4) is 11.1 Å². The van der Waals surface area contributed by atoms with E-state index in [9.17, 15) is 19.5 Å². The summed E-state index contributed by atoms with van der Waals surface area (Å²) in [5, 5.41) is 14.2. The lowest BCUT2D eigenvalue weighted by molar-refractivity contribution is -0.141. The second kappa shape index (κ2) is 11.3. The molecule has 164 valence electrons. The topological polar surface area (TPSA) is 105 Å². The molecule has 0 aliphatic rings. The molecular formula is C25H24N2O5. The van der Waals surface area contributed by atoms with Crippen molar-refractivity contribution < 1.29 is 24.2 Å². The van der Waals surface area contributed by atoms with Gasteiger partial charge in [0, 0.05) is 6.42 Å². The van der Waals surface area contributed by atoms with Gasteiger partial charge in [0.05, 0.1) is 0 Å². The Labute approximate surface area is 186 Å². The number of ether oxygens (including phenoxy) is 1. The van der Waals surface area contributed by atoms with Crippen LogP contribution >= 0.6 is 0 Å². The van der Waals surface area contributed by atoms with Crippen LogP contribution in [0.15, 0.2) is 84.9 Å². The quantitative estimate of drug-likeness (QED) is 0.481. The normalized spacial score (nSPS) is 11.2. The number of rotatable bonds is 9. The van der Waals surface area contributed by atoms with Crippen LogP contribution in [0.5, 0.6) is 0 Å². The number of nitrogens with one attached hydrogen (secondary N) is 2. The Morgan fingerprint density at radius 3 is 2.00 bits per heavy atom. The summed E-state index contributed by atoms with van der Waals surface area (Å²) in [6.45, 7) is -0.310.